The van der Waals surface area contributed by atoms with Gasteiger partial charge in [-0.3, -0.25) is 5.10 Å². The molecule has 2 N–H and O–H groups in total. The molecule has 1 aromatic heterocycles. The number of hydrogen-bond donors (Lipinski definition) is 2. The molecule has 0 saturated carbocycles. The van der Waals surface area contributed by atoms with Gasteiger partial charge in [0, 0.05) is 17.4 Å². The van der Waals surface area contributed by atoms with Gasteiger partial charge in [-0.15, -0.1) is 0 Å². The molecule has 14 heavy (non-hydrogen) atoms. The number of carboxylic acid groups (broad SMARTS) is 1. The Morgan fingerprint density at radius 1 is 1.71 bits per heavy atom. The van der Waals surface area contributed by atoms with E-state index in [0.29, 0.717) is 5.92 Å². The summed E-state index contributed by atoms with van der Waals surface area (Å²) in [6.07, 6.45) is 2.34. The minimum atomic E-state index is -0.962. The summed E-state index contributed by atoms with van der Waals surface area (Å²) < 4.78 is 0. The van der Waals surface area contributed by atoms with Crippen LogP contribution in [0.2, 0.25) is 0 Å². The van der Waals surface area contributed by atoms with Crippen LogP contribution in [0.4, 0.5) is 0 Å². The summed E-state index contributed by atoms with van der Waals surface area (Å²) in [5.74, 6) is 1.78. The van der Waals surface area contributed by atoms with Crippen LogP contribution in [0.5, 0.6) is 0 Å². The number of H-pyrrole nitrogens is 1. The lowest BCUT2D eigenvalue weighted by molar-refractivity contribution is 0.0690. The van der Waals surface area contributed by atoms with Gasteiger partial charge >= 0.3 is 5.97 Å². The predicted octanol–water partition coefficient (Wildman–Crippen LogP) is 1.72. The Hall–Kier alpha value is -0.970. The Morgan fingerprint density at radius 3 is 3.14 bits per heavy atom. The van der Waals surface area contributed by atoms with Crippen LogP contribution in [-0.2, 0) is 0 Å². The number of hydrogen-bond acceptors (Lipinski definition) is 3. The Kier molecular flexibility index (Phi) is 2.77. The van der Waals surface area contributed by atoms with E-state index in [9.17, 15) is 4.79 Å². The van der Waals surface area contributed by atoms with Gasteiger partial charge in [-0.05, 0) is 24.7 Å². The molecule has 2 heterocycles. The summed E-state index contributed by atoms with van der Waals surface area (Å²) in [5.41, 5.74) is 1.09. The van der Waals surface area contributed by atoms with Crippen molar-refractivity contribution in [1.82, 2.24) is 10.2 Å². The molecule has 0 amide bonds. The standard InChI is InChI=1S/C9H12N2O2S/c12-9(13)8-4-7(10-11-8)6-2-1-3-14-5-6/h4,6H,1-3,5H2,(H,10,11)(H,12,13). The fourth-order valence-corrected chi connectivity index (χ4v) is 2.81. The van der Waals surface area contributed by atoms with Crippen molar-refractivity contribution in [3.63, 3.8) is 0 Å². The third-order valence-electron chi connectivity index (χ3n) is 2.42. The highest BCUT2D eigenvalue weighted by atomic mass is 32.2. The molecule has 2 rings (SSSR count). The predicted molar refractivity (Wildman–Crippen MR) is 54.8 cm³/mol. The van der Waals surface area contributed by atoms with Gasteiger partial charge in [0.2, 0.25) is 0 Å². The third-order valence-corrected chi connectivity index (χ3v) is 3.63. The third kappa shape index (κ3) is 1.92. The van der Waals surface area contributed by atoms with Crippen molar-refractivity contribution in [3.8, 4) is 0 Å². The molecule has 1 fully saturated rings. The maximum atomic E-state index is 10.6. The first kappa shape index (κ1) is 9.58. The lowest BCUT2D eigenvalue weighted by Gasteiger charge is -2.19. The van der Waals surface area contributed by atoms with Crippen molar-refractivity contribution in [2.45, 2.75) is 18.8 Å². The Labute approximate surface area is 86.1 Å². The van der Waals surface area contributed by atoms with Crippen LogP contribution in [0.25, 0.3) is 0 Å². The monoisotopic (exact) mass is 212 g/mol. The van der Waals surface area contributed by atoms with Crippen LogP contribution >= 0.6 is 11.8 Å². The summed E-state index contributed by atoms with van der Waals surface area (Å²) in [6, 6.07) is 1.65. The van der Waals surface area contributed by atoms with Gasteiger partial charge < -0.3 is 5.11 Å². The fourth-order valence-electron chi connectivity index (χ4n) is 1.64. The molecule has 1 unspecified atom stereocenters. The first-order chi connectivity index (χ1) is 6.77. The Bertz CT molecular complexity index is 331. The van der Waals surface area contributed by atoms with E-state index in [0.717, 1.165) is 17.9 Å². The Morgan fingerprint density at radius 2 is 2.57 bits per heavy atom. The van der Waals surface area contributed by atoms with Gasteiger partial charge in [-0.2, -0.15) is 16.9 Å². The molecule has 1 aromatic rings. The van der Waals surface area contributed by atoms with E-state index in [2.05, 4.69) is 10.2 Å². The van der Waals surface area contributed by atoms with E-state index in [4.69, 9.17) is 5.11 Å². The number of carboxylic acids is 1. The summed E-state index contributed by atoms with van der Waals surface area (Å²) in [6.45, 7) is 0. The molecule has 1 aliphatic rings. The molecule has 4 nitrogen and oxygen atoms in total. The van der Waals surface area contributed by atoms with Crippen LogP contribution < -0.4 is 0 Å². The molecule has 0 aromatic carbocycles. The van der Waals surface area contributed by atoms with Gasteiger partial charge in [-0.25, -0.2) is 4.79 Å². The number of thioether (sulfide) groups is 1. The van der Waals surface area contributed by atoms with E-state index >= 15 is 0 Å². The molecular formula is C9H12N2O2S. The molecule has 0 radical (unpaired) electrons. The average Bonchev–Trinajstić information content (AvgIpc) is 2.68. The maximum Gasteiger partial charge on any atom is 0.356 e. The molecule has 1 saturated heterocycles. The van der Waals surface area contributed by atoms with Gasteiger partial charge in [-0.1, -0.05) is 0 Å². The minimum Gasteiger partial charge on any atom is -0.476 e. The van der Waals surface area contributed by atoms with Gasteiger partial charge in [0.1, 0.15) is 0 Å². The smallest absolute Gasteiger partial charge is 0.356 e. The number of rotatable bonds is 2. The van der Waals surface area contributed by atoms with Crippen molar-refractivity contribution < 1.29 is 9.90 Å². The van der Waals surface area contributed by atoms with Gasteiger partial charge in [0.15, 0.2) is 5.69 Å². The summed E-state index contributed by atoms with van der Waals surface area (Å²) in [4.78, 5) is 10.6. The van der Waals surface area contributed by atoms with Crippen LogP contribution in [-0.4, -0.2) is 32.8 Å². The second-order valence-electron chi connectivity index (χ2n) is 3.43. The Balaban J connectivity index is 2.11. The number of aromatic amines is 1. The second-order valence-corrected chi connectivity index (χ2v) is 4.58. The molecular weight excluding hydrogens is 200 g/mol. The fraction of sp³-hybridized carbons (Fsp3) is 0.556. The molecule has 5 heteroatoms. The average molecular weight is 212 g/mol. The van der Waals surface area contributed by atoms with E-state index < -0.39 is 5.97 Å². The van der Waals surface area contributed by atoms with Crippen LogP contribution in [0.1, 0.15) is 34.9 Å². The van der Waals surface area contributed by atoms with Crippen molar-refractivity contribution in [2.75, 3.05) is 11.5 Å². The topological polar surface area (TPSA) is 66.0 Å². The lowest BCUT2D eigenvalue weighted by Crippen LogP contribution is -2.08. The van der Waals surface area contributed by atoms with Crippen molar-refractivity contribution in [3.05, 3.63) is 17.5 Å². The molecule has 76 valence electrons. The summed E-state index contributed by atoms with van der Waals surface area (Å²) >= 11 is 1.92. The molecule has 0 spiro atoms. The van der Waals surface area contributed by atoms with Crippen molar-refractivity contribution >= 4 is 17.7 Å². The van der Waals surface area contributed by atoms with Crippen molar-refractivity contribution in [2.24, 2.45) is 0 Å². The quantitative estimate of drug-likeness (QED) is 0.783. The zero-order valence-electron chi connectivity index (χ0n) is 7.69. The lowest BCUT2D eigenvalue weighted by atomic mass is 10.0. The zero-order valence-corrected chi connectivity index (χ0v) is 8.51. The first-order valence-corrected chi connectivity index (χ1v) is 5.79. The largest absolute Gasteiger partial charge is 0.476 e. The van der Waals surface area contributed by atoms with E-state index in [1.54, 1.807) is 6.07 Å². The highest BCUT2D eigenvalue weighted by Gasteiger charge is 2.19. The number of carbonyl (C=O) groups is 1. The molecule has 1 atom stereocenters. The van der Waals surface area contributed by atoms with Crippen LogP contribution in [0.15, 0.2) is 6.07 Å². The summed E-state index contributed by atoms with van der Waals surface area (Å²) in [7, 11) is 0. The van der Waals surface area contributed by atoms with Crippen LogP contribution in [0, 0.1) is 0 Å². The molecule has 0 bridgehead atoms. The minimum absolute atomic E-state index is 0.121. The van der Waals surface area contributed by atoms with Gasteiger partial charge in [0.25, 0.3) is 0 Å². The highest BCUT2D eigenvalue weighted by molar-refractivity contribution is 7.99. The van der Waals surface area contributed by atoms with E-state index in [1.807, 2.05) is 11.8 Å². The molecule has 1 aliphatic heterocycles. The number of nitrogens with one attached hydrogen (secondary N) is 1. The SMILES string of the molecule is O=C(O)c1cc(C2CCCSC2)[nH]n1. The van der Waals surface area contributed by atoms with E-state index in [-0.39, 0.29) is 5.69 Å². The zero-order chi connectivity index (χ0) is 9.97. The first-order valence-electron chi connectivity index (χ1n) is 4.63. The number of aromatic nitrogens is 2. The summed E-state index contributed by atoms with van der Waals surface area (Å²) in [5, 5.41) is 15.3. The number of aromatic carboxylic acids is 1. The van der Waals surface area contributed by atoms with Crippen molar-refractivity contribution in [1.29, 1.82) is 0 Å². The molecule has 0 aliphatic carbocycles. The normalized spacial score (nSPS) is 22.1. The van der Waals surface area contributed by atoms with E-state index in [1.165, 1.54) is 12.2 Å². The number of nitrogens with zero attached hydrogens (tertiary/aromatic N) is 1. The maximum absolute atomic E-state index is 10.6. The van der Waals surface area contributed by atoms with Gasteiger partial charge in [0.05, 0.1) is 0 Å². The highest BCUT2D eigenvalue weighted by Crippen LogP contribution is 2.30. The second kappa shape index (κ2) is 4.04. The van der Waals surface area contributed by atoms with Crippen LogP contribution in [0.3, 0.4) is 0 Å².